The van der Waals surface area contributed by atoms with Crippen molar-refractivity contribution in [2.75, 3.05) is 20.2 Å². The van der Waals surface area contributed by atoms with E-state index in [2.05, 4.69) is 17.6 Å². The first-order chi connectivity index (χ1) is 9.74. The molecule has 1 heterocycles. The fraction of sp³-hybridized carbons (Fsp3) is 0.562. The number of amides is 1. The van der Waals surface area contributed by atoms with E-state index in [1.54, 1.807) is 7.11 Å². The quantitative estimate of drug-likeness (QED) is 0.838. The third-order valence-electron chi connectivity index (χ3n) is 3.89. The number of benzene rings is 1. The van der Waals surface area contributed by atoms with Crippen molar-refractivity contribution in [3.8, 4) is 5.75 Å². The van der Waals surface area contributed by atoms with Crippen LogP contribution in [0.25, 0.3) is 0 Å². The van der Waals surface area contributed by atoms with Crippen LogP contribution in [0.4, 0.5) is 0 Å². The summed E-state index contributed by atoms with van der Waals surface area (Å²) in [4.78, 5) is 12.2. The van der Waals surface area contributed by atoms with Gasteiger partial charge in [-0.3, -0.25) is 4.79 Å². The molecule has 1 amide bonds. The van der Waals surface area contributed by atoms with Gasteiger partial charge in [-0.2, -0.15) is 0 Å². The van der Waals surface area contributed by atoms with Crippen molar-refractivity contribution in [2.45, 2.75) is 32.2 Å². The summed E-state index contributed by atoms with van der Waals surface area (Å²) in [7, 11) is 1.66. The first kappa shape index (κ1) is 14.9. The summed E-state index contributed by atoms with van der Waals surface area (Å²) in [6.07, 6.45) is 2.56. The smallest absolute Gasteiger partial charge is 0.220 e. The van der Waals surface area contributed by atoms with E-state index in [1.807, 2.05) is 24.3 Å². The van der Waals surface area contributed by atoms with E-state index in [9.17, 15) is 4.79 Å². The maximum Gasteiger partial charge on any atom is 0.220 e. The number of carbonyl (C=O) groups is 1. The Balaban J connectivity index is 1.98. The van der Waals surface area contributed by atoms with Crippen molar-refractivity contribution in [1.29, 1.82) is 0 Å². The Morgan fingerprint density at radius 1 is 1.50 bits per heavy atom. The number of hydrogen-bond acceptors (Lipinski definition) is 3. The summed E-state index contributed by atoms with van der Waals surface area (Å²) in [5.74, 6) is 1.45. The first-order valence-electron chi connectivity index (χ1n) is 7.37. The Labute approximate surface area is 120 Å². The molecule has 1 aromatic rings. The lowest BCUT2D eigenvalue weighted by Crippen LogP contribution is -2.30. The normalized spacial score (nSPS) is 19.6. The number of ether oxygens (including phenoxy) is 1. The van der Waals surface area contributed by atoms with Crippen molar-refractivity contribution < 1.29 is 9.53 Å². The number of carbonyl (C=O) groups excluding carboxylic acids is 1. The summed E-state index contributed by atoms with van der Waals surface area (Å²) < 4.78 is 5.38. The van der Waals surface area contributed by atoms with Crippen molar-refractivity contribution in [1.82, 2.24) is 10.6 Å². The minimum atomic E-state index is 0.0213. The zero-order valence-electron chi connectivity index (χ0n) is 12.3. The monoisotopic (exact) mass is 276 g/mol. The highest BCUT2D eigenvalue weighted by Gasteiger charge is 2.21. The molecule has 2 unspecified atom stereocenters. The molecule has 0 bridgehead atoms. The van der Waals surface area contributed by atoms with E-state index in [0.717, 1.165) is 37.2 Å². The molecule has 2 atom stereocenters. The molecule has 110 valence electrons. The summed E-state index contributed by atoms with van der Waals surface area (Å²) in [5.41, 5.74) is 1.05. The van der Waals surface area contributed by atoms with Gasteiger partial charge in [0, 0.05) is 12.0 Å². The van der Waals surface area contributed by atoms with E-state index in [-0.39, 0.29) is 11.9 Å². The molecule has 1 fully saturated rings. The lowest BCUT2D eigenvalue weighted by molar-refractivity contribution is -0.122. The SMILES string of the molecule is CCC(NC(=O)CC1CCNC1)c1ccccc1OC. The van der Waals surface area contributed by atoms with Gasteiger partial charge in [0.2, 0.25) is 5.91 Å². The van der Waals surface area contributed by atoms with Gasteiger partial charge in [-0.15, -0.1) is 0 Å². The molecule has 0 aromatic heterocycles. The van der Waals surface area contributed by atoms with E-state index in [1.165, 1.54) is 0 Å². The third-order valence-corrected chi connectivity index (χ3v) is 3.89. The molecule has 0 radical (unpaired) electrons. The lowest BCUT2D eigenvalue weighted by Gasteiger charge is -2.20. The maximum atomic E-state index is 12.2. The van der Waals surface area contributed by atoms with Crippen LogP contribution in [0.1, 0.15) is 37.8 Å². The number of para-hydroxylation sites is 1. The van der Waals surface area contributed by atoms with Gasteiger partial charge in [0.1, 0.15) is 5.75 Å². The maximum absolute atomic E-state index is 12.2. The van der Waals surface area contributed by atoms with Gasteiger partial charge in [-0.1, -0.05) is 25.1 Å². The average molecular weight is 276 g/mol. The van der Waals surface area contributed by atoms with Crippen molar-refractivity contribution in [3.05, 3.63) is 29.8 Å². The lowest BCUT2D eigenvalue weighted by atomic mass is 10.0. The van der Waals surface area contributed by atoms with Crippen LogP contribution in [0.2, 0.25) is 0 Å². The van der Waals surface area contributed by atoms with Crippen molar-refractivity contribution >= 4 is 5.91 Å². The summed E-state index contributed by atoms with van der Waals surface area (Å²) >= 11 is 0. The van der Waals surface area contributed by atoms with Crippen LogP contribution in [0.5, 0.6) is 5.75 Å². The van der Waals surface area contributed by atoms with Gasteiger partial charge in [-0.05, 0) is 37.9 Å². The van der Waals surface area contributed by atoms with Gasteiger partial charge in [0.15, 0.2) is 0 Å². The topological polar surface area (TPSA) is 50.4 Å². The van der Waals surface area contributed by atoms with E-state index in [0.29, 0.717) is 12.3 Å². The highest BCUT2D eigenvalue weighted by atomic mass is 16.5. The second-order valence-corrected chi connectivity index (χ2v) is 5.33. The molecular formula is C16H24N2O2. The largest absolute Gasteiger partial charge is 0.496 e. The second-order valence-electron chi connectivity index (χ2n) is 5.33. The molecule has 1 aromatic carbocycles. The van der Waals surface area contributed by atoms with Crippen LogP contribution in [-0.2, 0) is 4.79 Å². The second kappa shape index (κ2) is 7.29. The predicted octanol–water partition coefficient (Wildman–Crippen LogP) is 2.26. The van der Waals surface area contributed by atoms with E-state index in [4.69, 9.17) is 4.74 Å². The standard InChI is InChI=1S/C16H24N2O2/c1-3-14(13-6-4-5-7-15(13)20-2)18-16(19)10-12-8-9-17-11-12/h4-7,12,14,17H,3,8-11H2,1-2H3,(H,18,19). The molecule has 20 heavy (non-hydrogen) atoms. The fourth-order valence-corrected chi connectivity index (χ4v) is 2.76. The Morgan fingerprint density at radius 3 is 2.95 bits per heavy atom. The highest BCUT2D eigenvalue weighted by Crippen LogP contribution is 2.27. The van der Waals surface area contributed by atoms with Crippen LogP contribution in [0, 0.1) is 5.92 Å². The van der Waals surface area contributed by atoms with Gasteiger partial charge in [-0.25, -0.2) is 0 Å². The number of nitrogens with one attached hydrogen (secondary N) is 2. The van der Waals surface area contributed by atoms with Crippen LogP contribution < -0.4 is 15.4 Å². The third kappa shape index (κ3) is 3.73. The van der Waals surface area contributed by atoms with E-state index < -0.39 is 0 Å². The number of hydrogen-bond donors (Lipinski definition) is 2. The Kier molecular flexibility index (Phi) is 5.41. The summed E-state index contributed by atoms with van der Waals surface area (Å²) in [6, 6.07) is 7.90. The minimum Gasteiger partial charge on any atom is -0.496 e. The molecule has 4 nitrogen and oxygen atoms in total. The predicted molar refractivity (Wildman–Crippen MR) is 79.8 cm³/mol. The Morgan fingerprint density at radius 2 is 2.30 bits per heavy atom. The zero-order valence-corrected chi connectivity index (χ0v) is 12.3. The summed E-state index contributed by atoms with van der Waals surface area (Å²) in [5, 5.41) is 6.43. The summed E-state index contributed by atoms with van der Waals surface area (Å²) in [6.45, 7) is 4.06. The van der Waals surface area contributed by atoms with Crippen molar-refractivity contribution in [2.24, 2.45) is 5.92 Å². The van der Waals surface area contributed by atoms with Gasteiger partial charge >= 0.3 is 0 Å². The molecule has 0 aliphatic carbocycles. The van der Waals surface area contributed by atoms with Crippen LogP contribution in [-0.4, -0.2) is 26.1 Å². The fourth-order valence-electron chi connectivity index (χ4n) is 2.76. The molecule has 2 N–H and O–H groups in total. The van der Waals surface area contributed by atoms with Crippen LogP contribution in [0.3, 0.4) is 0 Å². The average Bonchev–Trinajstić information content (AvgIpc) is 2.97. The molecule has 1 aliphatic rings. The van der Waals surface area contributed by atoms with E-state index >= 15 is 0 Å². The zero-order chi connectivity index (χ0) is 14.4. The van der Waals surface area contributed by atoms with Gasteiger partial charge < -0.3 is 15.4 Å². The molecule has 1 saturated heterocycles. The number of methoxy groups -OCH3 is 1. The number of rotatable bonds is 6. The molecule has 1 aliphatic heterocycles. The van der Waals surface area contributed by atoms with Crippen LogP contribution in [0.15, 0.2) is 24.3 Å². The first-order valence-corrected chi connectivity index (χ1v) is 7.37. The van der Waals surface area contributed by atoms with Crippen molar-refractivity contribution in [3.63, 3.8) is 0 Å². The molecular weight excluding hydrogens is 252 g/mol. The highest BCUT2D eigenvalue weighted by molar-refractivity contribution is 5.76. The molecule has 4 heteroatoms. The Bertz CT molecular complexity index is 442. The molecule has 0 saturated carbocycles. The Hall–Kier alpha value is -1.55. The van der Waals surface area contributed by atoms with Gasteiger partial charge in [0.05, 0.1) is 13.2 Å². The molecule has 2 rings (SSSR count). The molecule has 0 spiro atoms. The van der Waals surface area contributed by atoms with Gasteiger partial charge in [0.25, 0.3) is 0 Å². The minimum absolute atomic E-state index is 0.0213. The van der Waals surface area contributed by atoms with Crippen LogP contribution >= 0.6 is 0 Å².